The van der Waals surface area contributed by atoms with Gasteiger partial charge in [-0.15, -0.1) is 11.3 Å². The fourth-order valence-corrected chi connectivity index (χ4v) is 2.90. The molecule has 1 unspecified atom stereocenters. The number of halogens is 1. The quantitative estimate of drug-likeness (QED) is 0.870. The second-order valence-corrected chi connectivity index (χ2v) is 5.58. The summed E-state index contributed by atoms with van der Waals surface area (Å²) in [4.78, 5) is 16.3. The monoisotopic (exact) mass is 325 g/mol. The molecule has 1 aromatic heterocycles. The van der Waals surface area contributed by atoms with E-state index in [1.807, 2.05) is 12.3 Å². The van der Waals surface area contributed by atoms with Crippen LogP contribution in [0.5, 0.6) is 5.75 Å². The molecule has 1 aromatic carbocycles. The molecule has 2 amide bonds. The van der Waals surface area contributed by atoms with E-state index in [9.17, 15) is 4.79 Å². The standard InChI is InChI=1S/C14H16ClN3O2S/c1-3-10(13-16-7-8-21-13)17-14(19)18-11-6-4-5-9(15)12(11)20-2/h4-8,10H,3H2,1-2H3,(H2,17,18,19). The number of ether oxygens (including phenoxy) is 1. The van der Waals surface area contributed by atoms with E-state index in [1.165, 1.54) is 18.4 Å². The highest BCUT2D eigenvalue weighted by atomic mass is 35.5. The van der Waals surface area contributed by atoms with Crippen LogP contribution in [0, 0.1) is 0 Å². The zero-order chi connectivity index (χ0) is 15.2. The lowest BCUT2D eigenvalue weighted by Crippen LogP contribution is -2.32. The van der Waals surface area contributed by atoms with E-state index in [0.29, 0.717) is 16.5 Å². The van der Waals surface area contributed by atoms with Crippen LogP contribution in [0.3, 0.4) is 0 Å². The number of hydrogen-bond donors (Lipinski definition) is 2. The highest BCUT2D eigenvalue weighted by Gasteiger charge is 2.16. The molecule has 5 nitrogen and oxygen atoms in total. The minimum atomic E-state index is -0.322. The molecule has 1 heterocycles. The highest BCUT2D eigenvalue weighted by molar-refractivity contribution is 7.09. The lowest BCUT2D eigenvalue weighted by Gasteiger charge is -2.16. The summed E-state index contributed by atoms with van der Waals surface area (Å²) in [6, 6.07) is 4.74. The Morgan fingerprint density at radius 2 is 2.33 bits per heavy atom. The number of carbonyl (C=O) groups excluding carboxylic acids is 1. The van der Waals surface area contributed by atoms with E-state index in [-0.39, 0.29) is 12.1 Å². The Balaban J connectivity index is 2.06. The average Bonchev–Trinajstić information content (AvgIpc) is 2.99. The fourth-order valence-electron chi connectivity index (χ4n) is 1.88. The van der Waals surface area contributed by atoms with Crippen LogP contribution in [0.1, 0.15) is 24.4 Å². The first-order valence-corrected chi connectivity index (χ1v) is 7.70. The number of rotatable bonds is 5. The van der Waals surface area contributed by atoms with Crippen molar-refractivity contribution in [3.05, 3.63) is 39.8 Å². The van der Waals surface area contributed by atoms with Gasteiger partial charge in [0.25, 0.3) is 0 Å². The number of hydrogen-bond acceptors (Lipinski definition) is 4. The Hall–Kier alpha value is -1.79. The number of amides is 2. The second kappa shape index (κ2) is 7.28. The molecule has 2 aromatic rings. The third-order valence-electron chi connectivity index (χ3n) is 2.88. The number of aromatic nitrogens is 1. The minimum Gasteiger partial charge on any atom is -0.493 e. The number of anilines is 1. The Kier molecular flexibility index (Phi) is 5.41. The summed E-state index contributed by atoms with van der Waals surface area (Å²) in [5.41, 5.74) is 0.525. The number of nitrogens with one attached hydrogen (secondary N) is 2. The van der Waals surface area contributed by atoms with Gasteiger partial charge in [0.05, 0.1) is 23.9 Å². The van der Waals surface area contributed by atoms with Crippen molar-refractivity contribution in [1.82, 2.24) is 10.3 Å². The van der Waals surface area contributed by atoms with E-state index < -0.39 is 0 Å². The number of para-hydroxylation sites is 1. The number of thiazole rings is 1. The number of carbonyl (C=O) groups is 1. The summed E-state index contributed by atoms with van der Waals surface area (Å²) in [7, 11) is 1.51. The van der Waals surface area contributed by atoms with Crippen molar-refractivity contribution in [1.29, 1.82) is 0 Å². The molecule has 0 aliphatic heterocycles. The van der Waals surface area contributed by atoms with Crippen molar-refractivity contribution in [3.63, 3.8) is 0 Å². The van der Waals surface area contributed by atoms with Gasteiger partial charge in [0.15, 0.2) is 5.75 Å². The Bertz CT molecular complexity index is 604. The van der Waals surface area contributed by atoms with E-state index in [1.54, 1.807) is 24.4 Å². The maximum absolute atomic E-state index is 12.1. The molecule has 7 heteroatoms. The van der Waals surface area contributed by atoms with Gasteiger partial charge in [0.2, 0.25) is 0 Å². The van der Waals surface area contributed by atoms with Crippen molar-refractivity contribution >= 4 is 34.7 Å². The van der Waals surface area contributed by atoms with Crippen LogP contribution in [0.2, 0.25) is 5.02 Å². The molecular formula is C14H16ClN3O2S. The van der Waals surface area contributed by atoms with E-state index in [2.05, 4.69) is 15.6 Å². The van der Waals surface area contributed by atoms with Gasteiger partial charge in [-0.1, -0.05) is 24.6 Å². The summed E-state index contributed by atoms with van der Waals surface area (Å²) in [5.74, 6) is 0.441. The fraction of sp³-hybridized carbons (Fsp3) is 0.286. The Labute approximate surface area is 132 Å². The van der Waals surface area contributed by atoms with E-state index in [0.717, 1.165) is 11.4 Å². The predicted octanol–water partition coefficient (Wildman–Crippen LogP) is 4.08. The molecule has 0 spiro atoms. The molecule has 0 bridgehead atoms. The SMILES string of the molecule is CCC(NC(=O)Nc1cccc(Cl)c1OC)c1nccs1. The summed E-state index contributed by atoms with van der Waals surface area (Å²) >= 11 is 7.54. The van der Waals surface area contributed by atoms with Gasteiger partial charge in [-0.3, -0.25) is 0 Å². The Morgan fingerprint density at radius 1 is 1.52 bits per heavy atom. The molecular weight excluding hydrogens is 310 g/mol. The van der Waals surface area contributed by atoms with Gasteiger partial charge >= 0.3 is 6.03 Å². The number of benzene rings is 1. The molecule has 0 aliphatic carbocycles. The molecule has 112 valence electrons. The van der Waals surface area contributed by atoms with Crippen LogP contribution < -0.4 is 15.4 Å². The maximum Gasteiger partial charge on any atom is 0.319 e. The molecule has 0 saturated carbocycles. The lowest BCUT2D eigenvalue weighted by molar-refractivity contribution is 0.248. The van der Waals surface area contributed by atoms with Gasteiger partial charge in [-0.05, 0) is 18.6 Å². The van der Waals surface area contributed by atoms with Crippen molar-refractivity contribution in [3.8, 4) is 5.75 Å². The minimum absolute atomic E-state index is 0.116. The van der Waals surface area contributed by atoms with Gasteiger partial charge in [-0.25, -0.2) is 9.78 Å². The first-order chi connectivity index (χ1) is 10.2. The predicted molar refractivity (Wildman–Crippen MR) is 85.3 cm³/mol. The molecule has 0 fully saturated rings. The molecule has 1 atom stereocenters. The number of methoxy groups -OCH3 is 1. The van der Waals surface area contributed by atoms with E-state index in [4.69, 9.17) is 16.3 Å². The topological polar surface area (TPSA) is 63.2 Å². The smallest absolute Gasteiger partial charge is 0.319 e. The van der Waals surface area contributed by atoms with Crippen LogP contribution in [-0.4, -0.2) is 18.1 Å². The largest absolute Gasteiger partial charge is 0.493 e. The third kappa shape index (κ3) is 3.86. The molecule has 2 N–H and O–H groups in total. The van der Waals surface area contributed by atoms with Crippen molar-refractivity contribution in [2.24, 2.45) is 0 Å². The van der Waals surface area contributed by atoms with E-state index >= 15 is 0 Å². The number of nitrogens with zero attached hydrogens (tertiary/aromatic N) is 1. The van der Waals surface area contributed by atoms with Crippen molar-refractivity contribution in [2.45, 2.75) is 19.4 Å². The normalized spacial score (nSPS) is 11.8. The molecule has 0 saturated heterocycles. The van der Waals surface area contributed by atoms with Crippen LogP contribution in [0.15, 0.2) is 29.8 Å². The molecule has 0 aliphatic rings. The first-order valence-electron chi connectivity index (χ1n) is 6.45. The zero-order valence-electron chi connectivity index (χ0n) is 11.7. The van der Waals surface area contributed by atoms with Crippen LogP contribution in [-0.2, 0) is 0 Å². The van der Waals surface area contributed by atoms with Crippen LogP contribution in [0.4, 0.5) is 10.5 Å². The van der Waals surface area contributed by atoms with Gasteiger partial charge < -0.3 is 15.4 Å². The summed E-state index contributed by atoms with van der Waals surface area (Å²) < 4.78 is 5.20. The Morgan fingerprint density at radius 3 is 2.95 bits per heavy atom. The highest BCUT2D eigenvalue weighted by Crippen LogP contribution is 2.32. The van der Waals surface area contributed by atoms with Crippen LogP contribution >= 0.6 is 22.9 Å². The summed E-state index contributed by atoms with van der Waals surface area (Å²) in [6.07, 6.45) is 2.48. The maximum atomic E-state index is 12.1. The molecule has 21 heavy (non-hydrogen) atoms. The lowest BCUT2D eigenvalue weighted by atomic mass is 10.2. The van der Waals surface area contributed by atoms with Crippen LogP contribution in [0.25, 0.3) is 0 Å². The van der Waals surface area contributed by atoms with Gasteiger partial charge in [-0.2, -0.15) is 0 Å². The first kappa shape index (κ1) is 15.6. The average molecular weight is 326 g/mol. The summed E-state index contributed by atoms with van der Waals surface area (Å²) in [5, 5.41) is 8.85. The summed E-state index contributed by atoms with van der Waals surface area (Å²) in [6.45, 7) is 1.99. The van der Waals surface area contributed by atoms with Gasteiger partial charge in [0.1, 0.15) is 5.01 Å². The van der Waals surface area contributed by atoms with Gasteiger partial charge in [0, 0.05) is 11.6 Å². The van der Waals surface area contributed by atoms with Crippen molar-refractivity contribution in [2.75, 3.05) is 12.4 Å². The molecule has 2 rings (SSSR count). The molecule has 0 radical (unpaired) electrons. The van der Waals surface area contributed by atoms with Crippen molar-refractivity contribution < 1.29 is 9.53 Å². The zero-order valence-corrected chi connectivity index (χ0v) is 13.3. The number of urea groups is 1. The second-order valence-electron chi connectivity index (χ2n) is 4.25. The third-order valence-corrected chi connectivity index (χ3v) is 4.07.